The Hall–Kier alpha value is -0.980. The van der Waals surface area contributed by atoms with Crippen LogP contribution in [0.2, 0.25) is 0 Å². The number of ether oxygens (including phenoxy) is 1. The minimum atomic E-state index is -0.273. The van der Waals surface area contributed by atoms with Gasteiger partial charge in [-0.15, -0.1) is 11.3 Å². The zero-order valence-corrected chi connectivity index (χ0v) is 12.1. The van der Waals surface area contributed by atoms with E-state index < -0.39 is 0 Å². The summed E-state index contributed by atoms with van der Waals surface area (Å²) in [5.74, 6) is -0.273. The van der Waals surface area contributed by atoms with Crippen LogP contribution in [-0.4, -0.2) is 12.1 Å². The van der Waals surface area contributed by atoms with Crippen molar-refractivity contribution in [1.82, 2.24) is 4.98 Å². The van der Waals surface area contributed by atoms with Crippen LogP contribution >= 0.6 is 27.3 Å². The number of anilines is 1. The van der Waals surface area contributed by atoms with E-state index >= 15 is 0 Å². The third-order valence-electron chi connectivity index (χ3n) is 2.20. The number of nitrogens with one attached hydrogen (secondary N) is 1. The van der Waals surface area contributed by atoms with E-state index in [0.29, 0.717) is 17.6 Å². The fraction of sp³-hybridized carbons (Fsp3) is 0.250. The SMILES string of the molecule is COCc1nc(CNc2cc(F)cc(Br)c2)cs1. The first-order chi connectivity index (χ1) is 8.67. The molecule has 0 aliphatic rings. The Morgan fingerprint density at radius 1 is 1.44 bits per heavy atom. The summed E-state index contributed by atoms with van der Waals surface area (Å²) in [6.07, 6.45) is 0. The highest BCUT2D eigenvalue weighted by molar-refractivity contribution is 9.10. The molecule has 96 valence electrons. The van der Waals surface area contributed by atoms with E-state index in [4.69, 9.17) is 4.74 Å². The number of hydrogen-bond donors (Lipinski definition) is 1. The average molecular weight is 331 g/mol. The molecule has 6 heteroatoms. The average Bonchev–Trinajstić information content (AvgIpc) is 2.74. The molecule has 0 aliphatic carbocycles. The summed E-state index contributed by atoms with van der Waals surface area (Å²) in [6.45, 7) is 1.09. The summed E-state index contributed by atoms with van der Waals surface area (Å²) in [7, 11) is 1.64. The Balaban J connectivity index is 1.97. The van der Waals surface area contributed by atoms with Crippen molar-refractivity contribution in [3.63, 3.8) is 0 Å². The van der Waals surface area contributed by atoms with Gasteiger partial charge in [-0.3, -0.25) is 0 Å². The van der Waals surface area contributed by atoms with E-state index in [1.54, 1.807) is 18.4 Å². The lowest BCUT2D eigenvalue weighted by molar-refractivity contribution is 0.184. The van der Waals surface area contributed by atoms with Gasteiger partial charge in [0, 0.05) is 22.6 Å². The molecule has 0 aliphatic heterocycles. The molecule has 1 N–H and O–H groups in total. The van der Waals surface area contributed by atoms with E-state index in [2.05, 4.69) is 26.2 Å². The van der Waals surface area contributed by atoms with Crippen molar-refractivity contribution >= 4 is 33.0 Å². The molecule has 2 aromatic rings. The maximum Gasteiger partial charge on any atom is 0.126 e. The zero-order valence-electron chi connectivity index (χ0n) is 9.74. The van der Waals surface area contributed by atoms with Crippen molar-refractivity contribution in [2.24, 2.45) is 0 Å². The fourth-order valence-electron chi connectivity index (χ4n) is 1.47. The van der Waals surface area contributed by atoms with Gasteiger partial charge >= 0.3 is 0 Å². The quantitative estimate of drug-likeness (QED) is 0.905. The maximum absolute atomic E-state index is 13.2. The zero-order chi connectivity index (χ0) is 13.0. The van der Waals surface area contributed by atoms with E-state index in [1.165, 1.54) is 12.1 Å². The molecule has 0 saturated carbocycles. The Morgan fingerprint density at radius 2 is 2.28 bits per heavy atom. The summed E-state index contributed by atoms with van der Waals surface area (Å²) < 4.78 is 18.9. The van der Waals surface area contributed by atoms with Crippen molar-refractivity contribution in [3.05, 3.63) is 44.6 Å². The van der Waals surface area contributed by atoms with Crippen molar-refractivity contribution in [2.45, 2.75) is 13.2 Å². The van der Waals surface area contributed by atoms with Crippen LogP contribution in [0, 0.1) is 5.82 Å². The van der Waals surface area contributed by atoms with Gasteiger partial charge in [0.25, 0.3) is 0 Å². The first kappa shape index (κ1) is 13.5. The molecule has 0 bridgehead atoms. The van der Waals surface area contributed by atoms with Crippen LogP contribution in [0.5, 0.6) is 0 Å². The third kappa shape index (κ3) is 3.76. The predicted molar refractivity (Wildman–Crippen MR) is 74.3 cm³/mol. The van der Waals surface area contributed by atoms with E-state index in [0.717, 1.165) is 16.4 Å². The van der Waals surface area contributed by atoms with Gasteiger partial charge in [0.15, 0.2) is 0 Å². The van der Waals surface area contributed by atoms with Crippen LogP contribution in [0.1, 0.15) is 10.7 Å². The molecule has 2 rings (SSSR count). The molecule has 0 amide bonds. The second-order valence-corrected chi connectivity index (χ2v) is 5.54. The normalized spacial score (nSPS) is 10.6. The summed E-state index contributed by atoms with van der Waals surface area (Å²) >= 11 is 4.81. The van der Waals surface area contributed by atoms with E-state index in [9.17, 15) is 4.39 Å². The number of halogens is 2. The number of hydrogen-bond acceptors (Lipinski definition) is 4. The van der Waals surface area contributed by atoms with E-state index in [-0.39, 0.29) is 5.82 Å². The monoisotopic (exact) mass is 330 g/mol. The number of thiazole rings is 1. The van der Waals surface area contributed by atoms with Gasteiger partial charge in [0.2, 0.25) is 0 Å². The smallest absolute Gasteiger partial charge is 0.126 e. The number of aromatic nitrogens is 1. The van der Waals surface area contributed by atoms with Crippen LogP contribution < -0.4 is 5.32 Å². The van der Waals surface area contributed by atoms with Gasteiger partial charge in [0.05, 0.1) is 18.8 Å². The molecule has 1 aromatic heterocycles. The maximum atomic E-state index is 13.2. The molecular formula is C12H12BrFN2OS. The van der Waals surface area contributed by atoms with Crippen LogP contribution in [0.25, 0.3) is 0 Å². The lowest BCUT2D eigenvalue weighted by atomic mass is 10.3. The Labute approximate surface area is 117 Å². The van der Waals surface area contributed by atoms with Gasteiger partial charge in [-0.1, -0.05) is 15.9 Å². The number of methoxy groups -OCH3 is 1. The van der Waals surface area contributed by atoms with Gasteiger partial charge in [0.1, 0.15) is 10.8 Å². The molecule has 3 nitrogen and oxygen atoms in total. The minimum absolute atomic E-state index is 0.273. The van der Waals surface area contributed by atoms with Crippen LogP contribution in [-0.2, 0) is 17.9 Å². The van der Waals surface area contributed by atoms with Crippen LogP contribution in [0.4, 0.5) is 10.1 Å². The predicted octanol–water partition coefficient (Wildman–Crippen LogP) is 3.80. The highest BCUT2D eigenvalue weighted by atomic mass is 79.9. The molecule has 0 saturated heterocycles. The first-order valence-electron chi connectivity index (χ1n) is 5.29. The Bertz CT molecular complexity index is 512. The van der Waals surface area contributed by atoms with Crippen LogP contribution in [0.15, 0.2) is 28.1 Å². The van der Waals surface area contributed by atoms with Gasteiger partial charge < -0.3 is 10.1 Å². The first-order valence-corrected chi connectivity index (χ1v) is 6.97. The van der Waals surface area contributed by atoms with Crippen molar-refractivity contribution in [1.29, 1.82) is 0 Å². The molecule has 1 heterocycles. The van der Waals surface area contributed by atoms with Crippen molar-refractivity contribution in [2.75, 3.05) is 12.4 Å². The minimum Gasteiger partial charge on any atom is -0.379 e. The summed E-state index contributed by atoms with van der Waals surface area (Å²) in [6, 6.07) is 4.70. The molecule has 0 atom stereocenters. The second-order valence-electron chi connectivity index (χ2n) is 3.68. The Kier molecular flexibility index (Phi) is 4.68. The van der Waals surface area contributed by atoms with Crippen molar-refractivity contribution < 1.29 is 9.13 Å². The molecule has 0 radical (unpaired) electrons. The highest BCUT2D eigenvalue weighted by Crippen LogP contribution is 2.19. The van der Waals surface area contributed by atoms with E-state index in [1.807, 2.05) is 11.4 Å². The van der Waals surface area contributed by atoms with Gasteiger partial charge in [-0.25, -0.2) is 9.37 Å². The molecule has 18 heavy (non-hydrogen) atoms. The molecule has 0 spiro atoms. The molecule has 1 aromatic carbocycles. The number of benzene rings is 1. The standard InChI is InChI=1S/C12H12BrFN2OS/c1-17-6-12-16-11(7-18-12)5-15-10-3-8(13)2-9(14)4-10/h2-4,7,15H,5-6H2,1H3. The van der Waals surface area contributed by atoms with Crippen LogP contribution in [0.3, 0.4) is 0 Å². The van der Waals surface area contributed by atoms with Gasteiger partial charge in [-0.2, -0.15) is 0 Å². The Morgan fingerprint density at radius 3 is 3.00 bits per heavy atom. The summed E-state index contributed by atoms with van der Waals surface area (Å²) in [4.78, 5) is 4.39. The topological polar surface area (TPSA) is 34.1 Å². The van der Waals surface area contributed by atoms with Gasteiger partial charge in [-0.05, 0) is 18.2 Å². The summed E-state index contributed by atoms with van der Waals surface area (Å²) in [5, 5.41) is 6.04. The van der Waals surface area contributed by atoms with Crippen molar-refractivity contribution in [3.8, 4) is 0 Å². The third-order valence-corrected chi connectivity index (χ3v) is 3.53. The molecule has 0 unspecified atom stereocenters. The second kappa shape index (κ2) is 6.26. The molecule has 0 fully saturated rings. The lowest BCUT2D eigenvalue weighted by Crippen LogP contribution is -2.00. The summed E-state index contributed by atoms with van der Waals surface area (Å²) in [5.41, 5.74) is 1.65. The number of nitrogens with zero attached hydrogens (tertiary/aromatic N) is 1. The highest BCUT2D eigenvalue weighted by Gasteiger charge is 2.03. The largest absolute Gasteiger partial charge is 0.379 e. The lowest BCUT2D eigenvalue weighted by Gasteiger charge is -2.05. The molecular weight excluding hydrogens is 319 g/mol. The fourth-order valence-corrected chi connectivity index (χ4v) is 2.70. The number of rotatable bonds is 5.